The zero-order valence-corrected chi connectivity index (χ0v) is 24.3. The van der Waals surface area contributed by atoms with E-state index in [1.54, 1.807) is 55.5 Å². The fourth-order valence-corrected chi connectivity index (χ4v) is 4.73. The number of carbonyl (C=O) groups is 2. The normalized spacial score (nSPS) is 27.4. The molecule has 5 atom stereocenters. The van der Waals surface area contributed by atoms with Crippen LogP contribution in [-0.2, 0) is 23.7 Å². The Morgan fingerprint density at radius 1 is 1.05 bits per heavy atom. The van der Waals surface area contributed by atoms with E-state index in [9.17, 15) is 9.59 Å². The van der Waals surface area contributed by atoms with Crippen molar-refractivity contribution in [1.82, 2.24) is 0 Å². The van der Waals surface area contributed by atoms with Gasteiger partial charge in [-0.05, 0) is 57.0 Å². The van der Waals surface area contributed by atoms with Gasteiger partial charge in [-0.1, -0.05) is 43.4 Å². The van der Waals surface area contributed by atoms with Crippen LogP contribution in [0.2, 0.25) is 0 Å². The molecule has 2 aliphatic rings. The molecule has 9 nitrogen and oxygen atoms in total. The van der Waals surface area contributed by atoms with Gasteiger partial charge in [0.1, 0.15) is 35.4 Å². The van der Waals surface area contributed by atoms with Gasteiger partial charge < -0.3 is 33.2 Å². The van der Waals surface area contributed by atoms with Crippen molar-refractivity contribution in [3.8, 4) is 11.5 Å². The predicted octanol–water partition coefficient (Wildman–Crippen LogP) is 5.58. The Balaban J connectivity index is 1.74. The molecule has 1 saturated heterocycles. The minimum atomic E-state index is -0.900. The van der Waals surface area contributed by atoms with Crippen molar-refractivity contribution in [2.75, 3.05) is 21.0 Å². The highest BCUT2D eigenvalue weighted by Crippen LogP contribution is 2.36. The molecule has 0 bridgehead atoms. The second kappa shape index (κ2) is 13.3. The van der Waals surface area contributed by atoms with E-state index in [1.807, 2.05) is 39.0 Å². The molecule has 9 heteroatoms. The number of esters is 2. The second-order valence-corrected chi connectivity index (χ2v) is 10.5. The summed E-state index contributed by atoms with van der Waals surface area (Å²) in [5, 5.41) is 0. The summed E-state index contributed by atoms with van der Waals surface area (Å²) < 4.78 is 40.7. The molecule has 3 unspecified atom stereocenters. The van der Waals surface area contributed by atoms with Gasteiger partial charge in [-0.2, -0.15) is 0 Å². The molecule has 4 rings (SSSR count). The minimum absolute atomic E-state index is 0.0571. The van der Waals surface area contributed by atoms with Crippen LogP contribution in [0.5, 0.6) is 11.5 Å². The summed E-state index contributed by atoms with van der Waals surface area (Å²) in [7, 11) is 3.04. The molecule has 0 N–H and O–H groups in total. The molecule has 2 aromatic carbocycles. The van der Waals surface area contributed by atoms with Crippen LogP contribution in [0.25, 0.3) is 6.08 Å². The number of fused-ring (bicyclic) bond motifs is 2. The van der Waals surface area contributed by atoms with Crippen LogP contribution in [0.15, 0.2) is 60.7 Å². The van der Waals surface area contributed by atoms with Crippen molar-refractivity contribution in [3.05, 3.63) is 77.4 Å². The number of ether oxygens (including phenoxy) is 7. The molecule has 0 aliphatic carbocycles. The van der Waals surface area contributed by atoms with Gasteiger partial charge in [0.2, 0.25) is 0 Å². The van der Waals surface area contributed by atoms with Gasteiger partial charge in [-0.3, -0.25) is 0 Å². The highest BCUT2D eigenvalue weighted by molar-refractivity contribution is 5.97. The topological polar surface area (TPSA) is 98.8 Å². The first-order chi connectivity index (χ1) is 19.6. The summed E-state index contributed by atoms with van der Waals surface area (Å²) in [4.78, 5) is 26.6. The van der Waals surface area contributed by atoms with Gasteiger partial charge in [-0.25, -0.2) is 9.59 Å². The summed E-state index contributed by atoms with van der Waals surface area (Å²) in [6, 6.07) is 12.2. The molecule has 220 valence electrons. The first-order valence-electron chi connectivity index (χ1n) is 13.6. The van der Waals surface area contributed by atoms with Crippen LogP contribution in [0, 0.1) is 5.92 Å². The first kappa shape index (κ1) is 30.3. The van der Waals surface area contributed by atoms with E-state index in [0.29, 0.717) is 23.3 Å². The van der Waals surface area contributed by atoms with Crippen molar-refractivity contribution in [3.63, 3.8) is 0 Å². The zero-order chi connectivity index (χ0) is 29.6. The van der Waals surface area contributed by atoms with Gasteiger partial charge >= 0.3 is 11.9 Å². The number of methoxy groups -OCH3 is 2. The summed E-state index contributed by atoms with van der Waals surface area (Å²) in [6.45, 7) is 7.32. The minimum Gasteiger partial charge on any atom is -0.497 e. The predicted molar refractivity (Wildman–Crippen MR) is 152 cm³/mol. The maximum atomic E-state index is 13.5. The molecule has 41 heavy (non-hydrogen) atoms. The van der Waals surface area contributed by atoms with Crippen LogP contribution in [0.4, 0.5) is 0 Å². The Morgan fingerprint density at radius 3 is 2.51 bits per heavy atom. The molecule has 1 fully saturated rings. The number of benzene rings is 2. The fraction of sp³-hybridized carbons (Fsp3) is 0.438. The molecule has 0 aromatic heterocycles. The molecule has 0 amide bonds. The smallest absolute Gasteiger partial charge is 0.342 e. The maximum absolute atomic E-state index is 13.5. The Morgan fingerprint density at radius 2 is 1.80 bits per heavy atom. The molecule has 2 heterocycles. The monoisotopic (exact) mass is 566 g/mol. The largest absolute Gasteiger partial charge is 0.497 e. The van der Waals surface area contributed by atoms with E-state index in [2.05, 4.69) is 0 Å². The quantitative estimate of drug-likeness (QED) is 0.252. The van der Waals surface area contributed by atoms with Crippen LogP contribution in [0.3, 0.4) is 0 Å². The van der Waals surface area contributed by atoms with Crippen molar-refractivity contribution in [1.29, 1.82) is 0 Å². The number of hydrogen-bond acceptors (Lipinski definition) is 9. The Labute approximate surface area is 241 Å². The summed E-state index contributed by atoms with van der Waals surface area (Å²) in [5.74, 6) is -1.36. The number of cyclic esters (lactones) is 1. The van der Waals surface area contributed by atoms with E-state index in [1.165, 1.54) is 14.2 Å². The Hall–Kier alpha value is -3.66. The average molecular weight is 567 g/mol. The van der Waals surface area contributed by atoms with E-state index in [0.717, 1.165) is 0 Å². The summed E-state index contributed by atoms with van der Waals surface area (Å²) in [5.41, 5.74) is 1.24. The fourth-order valence-electron chi connectivity index (χ4n) is 4.73. The van der Waals surface area contributed by atoms with Crippen molar-refractivity contribution >= 4 is 18.0 Å². The van der Waals surface area contributed by atoms with Gasteiger partial charge in [0.15, 0.2) is 12.6 Å². The van der Waals surface area contributed by atoms with Crippen LogP contribution < -0.4 is 9.47 Å². The Kier molecular flexibility index (Phi) is 9.86. The third-order valence-corrected chi connectivity index (χ3v) is 6.98. The van der Waals surface area contributed by atoms with Crippen LogP contribution >= 0.6 is 0 Å². The van der Waals surface area contributed by atoms with Gasteiger partial charge in [0.05, 0.1) is 18.8 Å². The summed E-state index contributed by atoms with van der Waals surface area (Å²) in [6.07, 6.45) is 5.44. The lowest BCUT2D eigenvalue weighted by Gasteiger charge is -2.25. The van der Waals surface area contributed by atoms with E-state index in [4.69, 9.17) is 33.2 Å². The SMILES string of the molecule is COCOc1cc(OC)cc2c1C(=O)O[C@@H](C)[C@H](C)/C=C\C(OC(=O)c1ccccc1)C1OC(C)(C)OC1C/C=C/2. The lowest BCUT2D eigenvalue weighted by Crippen LogP contribution is -2.37. The number of hydrogen-bond donors (Lipinski definition) is 0. The highest BCUT2D eigenvalue weighted by atomic mass is 16.8. The molecule has 2 aromatic rings. The average Bonchev–Trinajstić information content (AvgIpc) is 3.27. The molecule has 0 radical (unpaired) electrons. The summed E-state index contributed by atoms with van der Waals surface area (Å²) >= 11 is 0. The van der Waals surface area contributed by atoms with E-state index in [-0.39, 0.29) is 24.0 Å². The highest BCUT2D eigenvalue weighted by Gasteiger charge is 2.45. The lowest BCUT2D eigenvalue weighted by atomic mass is 9.98. The number of carbonyl (C=O) groups excluding carboxylic acids is 2. The maximum Gasteiger partial charge on any atom is 0.342 e. The number of rotatable bonds is 6. The van der Waals surface area contributed by atoms with E-state index >= 15 is 0 Å². The second-order valence-electron chi connectivity index (χ2n) is 10.5. The van der Waals surface area contributed by atoms with Crippen molar-refractivity contribution in [2.24, 2.45) is 5.92 Å². The molecular weight excluding hydrogens is 528 g/mol. The standard InChI is InChI=1S/C32H38O9/c1-20-15-16-25(39-30(33)22-11-8-7-9-12-22)29-26(40-32(3,4)41-29)14-10-13-23-17-24(36-6)18-27(37-19-35-5)28(23)31(34)38-21(20)2/h7-13,15-18,20-21,25-26,29H,14,19H2,1-6H3/b13-10+,16-15-/t20-,21+,25?,26?,29?/m1/s1. The van der Waals surface area contributed by atoms with Gasteiger partial charge in [0.25, 0.3) is 0 Å². The van der Waals surface area contributed by atoms with Crippen molar-refractivity contribution in [2.45, 2.75) is 64.3 Å². The Bertz CT molecular complexity index is 1270. The van der Waals surface area contributed by atoms with Gasteiger partial charge in [0, 0.05) is 19.1 Å². The van der Waals surface area contributed by atoms with Crippen molar-refractivity contribution < 1.29 is 42.7 Å². The third-order valence-electron chi connectivity index (χ3n) is 6.98. The zero-order valence-electron chi connectivity index (χ0n) is 24.3. The lowest BCUT2D eigenvalue weighted by molar-refractivity contribution is -0.152. The molecular formula is C32H38O9. The third kappa shape index (κ3) is 7.55. The van der Waals surface area contributed by atoms with Crippen LogP contribution in [-0.4, -0.2) is 63.2 Å². The van der Waals surface area contributed by atoms with E-state index < -0.39 is 42.1 Å². The van der Waals surface area contributed by atoms with Crippen LogP contribution in [0.1, 0.15) is 60.4 Å². The molecule has 2 aliphatic heterocycles. The molecule has 0 saturated carbocycles. The molecule has 0 spiro atoms. The first-order valence-corrected chi connectivity index (χ1v) is 13.6. The van der Waals surface area contributed by atoms with Gasteiger partial charge in [-0.15, -0.1) is 0 Å².